The van der Waals surface area contributed by atoms with Crippen molar-refractivity contribution in [2.24, 2.45) is 0 Å². The fourth-order valence-electron chi connectivity index (χ4n) is 12.7. The Balaban J connectivity index is 3.35. The maximum absolute atomic E-state index is 12.5. The second-order valence-electron chi connectivity index (χ2n) is 27.4. The van der Waals surface area contributed by atoms with Crippen molar-refractivity contribution in [3.8, 4) is 0 Å². The van der Waals surface area contributed by atoms with Gasteiger partial charge in [-0.2, -0.15) is 0 Å². The molecule has 0 radical (unpaired) electrons. The molecule has 0 aromatic carbocycles. The Morgan fingerprint density at radius 3 is 0.826 bits per heavy atom. The van der Waals surface area contributed by atoms with Gasteiger partial charge in [0.15, 0.2) is 0 Å². The van der Waals surface area contributed by atoms with Crippen LogP contribution in [-0.2, 0) is 14.3 Å². The number of aliphatic hydroxyl groups is 2. The summed E-state index contributed by atoms with van der Waals surface area (Å²) in [5.41, 5.74) is 0. The first-order valence-electron chi connectivity index (χ1n) is 39.6. The highest BCUT2D eigenvalue weighted by Gasteiger charge is 2.18. The maximum atomic E-state index is 12.5. The lowest BCUT2D eigenvalue weighted by molar-refractivity contribution is -0.143. The summed E-state index contributed by atoms with van der Waals surface area (Å²) in [5, 5.41) is 23.3. The average Bonchev–Trinajstić information content (AvgIpc) is 3.54. The quantitative estimate of drug-likeness (QED) is 0.0320. The molecule has 0 fully saturated rings. The molecule has 0 spiro atoms. The third kappa shape index (κ3) is 71.4. The van der Waals surface area contributed by atoms with E-state index in [1.54, 1.807) is 6.08 Å². The van der Waals surface area contributed by atoms with Crippen molar-refractivity contribution < 1.29 is 24.5 Å². The van der Waals surface area contributed by atoms with E-state index in [2.05, 4.69) is 31.3 Å². The molecule has 1 amide bonds. The number of nitrogens with one attached hydrogen (secondary N) is 1. The van der Waals surface area contributed by atoms with E-state index in [9.17, 15) is 19.8 Å². The first-order valence-corrected chi connectivity index (χ1v) is 39.6. The van der Waals surface area contributed by atoms with Gasteiger partial charge in [0, 0.05) is 12.8 Å². The van der Waals surface area contributed by atoms with Gasteiger partial charge in [-0.3, -0.25) is 9.59 Å². The van der Waals surface area contributed by atoms with Gasteiger partial charge in [0.2, 0.25) is 5.91 Å². The molecular formula is C80H155NO5. The van der Waals surface area contributed by atoms with Gasteiger partial charge in [-0.25, -0.2) is 0 Å². The van der Waals surface area contributed by atoms with Crippen molar-refractivity contribution in [3.05, 3.63) is 24.3 Å². The van der Waals surface area contributed by atoms with Crippen LogP contribution in [0.2, 0.25) is 0 Å². The van der Waals surface area contributed by atoms with Gasteiger partial charge in [-0.1, -0.05) is 404 Å². The summed E-state index contributed by atoms with van der Waals surface area (Å²) in [4.78, 5) is 24.7. The predicted octanol–water partition coefficient (Wildman–Crippen LogP) is 26.0. The molecule has 86 heavy (non-hydrogen) atoms. The molecule has 0 saturated carbocycles. The summed E-state index contributed by atoms with van der Waals surface area (Å²) in [5.74, 6) is -0.0413. The molecule has 6 nitrogen and oxygen atoms in total. The Bertz CT molecular complexity index is 1350. The zero-order chi connectivity index (χ0) is 62.0. The number of carbonyl (C=O) groups excluding carboxylic acids is 2. The molecule has 2 unspecified atom stereocenters. The van der Waals surface area contributed by atoms with Crippen LogP contribution in [-0.4, -0.2) is 47.4 Å². The van der Waals surface area contributed by atoms with Crippen LogP contribution in [0.3, 0.4) is 0 Å². The van der Waals surface area contributed by atoms with Gasteiger partial charge in [-0.15, -0.1) is 0 Å². The molecular weight excluding hydrogens is 1050 g/mol. The van der Waals surface area contributed by atoms with Gasteiger partial charge in [0.25, 0.3) is 0 Å². The second-order valence-corrected chi connectivity index (χ2v) is 27.4. The molecule has 3 N–H and O–H groups in total. The lowest BCUT2D eigenvalue weighted by Gasteiger charge is -2.20. The minimum atomic E-state index is -0.843. The number of hydrogen-bond donors (Lipinski definition) is 3. The topological polar surface area (TPSA) is 95.9 Å². The summed E-state index contributed by atoms with van der Waals surface area (Å²) in [6, 6.07) is -0.626. The SMILES string of the molecule is CCCCCCCCC/C=C\CCCCCCCCCC(=O)OCCCCCCCCCCCCCCCCCCCCCCCCCCCCCCCCC(=O)NC(CO)C(O)/C=C/CCCCCCCCCCCCCCCCCCCCC. The van der Waals surface area contributed by atoms with E-state index in [1.807, 2.05) is 6.08 Å². The lowest BCUT2D eigenvalue weighted by Crippen LogP contribution is -2.45. The van der Waals surface area contributed by atoms with Crippen LogP contribution in [0.4, 0.5) is 0 Å². The second kappa shape index (κ2) is 75.8. The van der Waals surface area contributed by atoms with Crippen LogP contribution in [0, 0.1) is 0 Å². The molecule has 0 heterocycles. The van der Waals surface area contributed by atoms with Crippen molar-refractivity contribution in [1.29, 1.82) is 0 Å². The fourth-order valence-corrected chi connectivity index (χ4v) is 12.7. The predicted molar refractivity (Wildman–Crippen MR) is 380 cm³/mol. The van der Waals surface area contributed by atoms with Gasteiger partial charge in [-0.05, 0) is 57.8 Å². The number of unbranched alkanes of at least 4 members (excludes halogenated alkanes) is 62. The fraction of sp³-hybridized carbons (Fsp3) is 0.925. The third-order valence-electron chi connectivity index (χ3n) is 18.7. The Morgan fingerprint density at radius 2 is 0.547 bits per heavy atom. The van der Waals surface area contributed by atoms with E-state index in [1.165, 1.54) is 379 Å². The van der Waals surface area contributed by atoms with Crippen LogP contribution >= 0.6 is 0 Å². The number of carbonyl (C=O) groups is 2. The highest BCUT2D eigenvalue weighted by Crippen LogP contribution is 2.20. The summed E-state index contributed by atoms with van der Waals surface area (Å²) >= 11 is 0. The molecule has 0 aliphatic rings. The highest BCUT2D eigenvalue weighted by molar-refractivity contribution is 5.76. The van der Waals surface area contributed by atoms with E-state index in [4.69, 9.17) is 4.74 Å². The molecule has 0 aliphatic carbocycles. The number of rotatable bonds is 75. The first-order chi connectivity index (χ1) is 42.5. The van der Waals surface area contributed by atoms with E-state index >= 15 is 0 Å². The molecule has 2 atom stereocenters. The summed E-state index contributed by atoms with van der Waals surface area (Å²) in [7, 11) is 0. The number of esters is 1. The van der Waals surface area contributed by atoms with Crippen LogP contribution in [0.5, 0.6) is 0 Å². The van der Waals surface area contributed by atoms with Crippen molar-refractivity contribution in [3.63, 3.8) is 0 Å². The van der Waals surface area contributed by atoms with Crippen molar-refractivity contribution >= 4 is 11.9 Å². The lowest BCUT2D eigenvalue weighted by atomic mass is 10.0. The Kier molecular flexibility index (Phi) is 74.3. The third-order valence-corrected chi connectivity index (χ3v) is 18.7. The monoisotopic (exact) mass is 1210 g/mol. The molecule has 0 aromatic heterocycles. The van der Waals surface area contributed by atoms with Crippen molar-refractivity contribution in [2.75, 3.05) is 13.2 Å². The van der Waals surface area contributed by atoms with Crippen LogP contribution < -0.4 is 5.32 Å². The molecule has 0 saturated heterocycles. The summed E-state index contributed by atoms with van der Waals surface area (Å²) in [6.07, 6.45) is 97.3. The van der Waals surface area contributed by atoms with Gasteiger partial charge >= 0.3 is 5.97 Å². The van der Waals surface area contributed by atoms with Crippen LogP contribution in [0.25, 0.3) is 0 Å². The van der Waals surface area contributed by atoms with E-state index in [0.29, 0.717) is 19.4 Å². The zero-order valence-corrected chi connectivity index (χ0v) is 58.6. The number of allylic oxidation sites excluding steroid dienone is 3. The first kappa shape index (κ1) is 84.3. The van der Waals surface area contributed by atoms with Gasteiger partial charge < -0.3 is 20.3 Å². The molecule has 0 aliphatic heterocycles. The van der Waals surface area contributed by atoms with Crippen LogP contribution in [0.15, 0.2) is 24.3 Å². The van der Waals surface area contributed by atoms with Crippen molar-refractivity contribution in [1.82, 2.24) is 5.32 Å². The minimum absolute atomic E-state index is 0.0180. The van der Waals surface area contributed by atoms with E-state index in [0.717, 1.165) is 44.9 Å². The minimum Gasteiger partial charge on any atom is -0.466 e. The number of amides is 1. The van der Waals surface area contributed by atoms with Gasteiger partial charge in [0.1, 0.15) is 0 Å². The Hall–Kier alpha value is -1.66. The molecule has 0 bridgehead atoms. The highest BCUT2D eigenvalue weighted by atomic mass is 16.5. The number of hydrogen-bond acceptors (Lipinski definition) is 5. The molecule has 6 heteroatoms. The van der Waals surface area contributed by atoms with Crippen LogP contribution in [0.1, 0.15) is 450 Å². The summed E-state index contributed by atoms with van der Waals surface area (Å²) in [6.45, 7) is 4.95. The van der Waals surface area contributed by atoms with Gasteiger partial charge in [0.05, 0.1) is 25.4 Å². The standard InChI is InChI=1S/C80H155NO5/c1-3-5-7-9-11-13-15-17-19-21-23-34-37-40-44-48-52-56-60-64-68-72-78(83)77(76-82)81-79(84)73-69-65-61-57-53-49-45-41-38-35-32-30-28-26-24-25-27-29-31-33-36-39-43-47-51-55-59-63-67-71-75-86-80(85)74-70-66-62-58-54-50-46-42-22-20-18-16-14-12-10-8-6-4-2/h20,22,68,72,77-78,82-83H,3-19,21,23-67,69-71,73-76H2,1-2H3,(H,81,84)/b22-20-,72-68+. The molecule has 0 rings (SSSR count). The smallest absolute Gasteiger partial charge is 0.305 e. The Labute approximate surface area is 539 Å². The van der Waals surface area contributed by atoms with E-state index in [-0.39, 0.29) is 18.5 Å². The number of ether oxygens (including phenoxy) is 1. The maximum Gasteiger partial charge on any atom is 0.305 e. The average molecular weight is 1210 g/mol. The van der Waals surface area contributed by atoms with Crippen molar-refractivity contribution in [2.45, 2.75) is 463 Å². The summed E-state index contributed by atoms with van der Waals surface area (Å²) < 4.78 is 5.51. The molecule has 510 valence electrons. The normalized spacial score (nSPS) is 12.6. The van der Waals surface area contributed by atoms with E-state index < -0.39 is 12.1 Å². The Morgan fingerprint density at radius 1 is 0.314 bits per heavy atom. The zero-order valence-electron chi connectivity index (χ0n) is 58.6. The number of aliphatic hydroxyl groups excluding tert-OH is 2. The largest absolute Gasteiger partial charge is 0.466 e. The molecule has 0 aromatic rings.